The lowest BCUT2D eigenvalue weighted by Crippen LogP contribution is -2.47. The van der Waals surface area contributed by atoms with Crippen LogP contribution in [0.5, 0.6) is 0 Å². The maximum Gasteiger partial charge on any atom is 0.0469 e. The first-order valence-electron chi connectivity index (χ1n) is 8.04. The van der Waals surface area contributed by atoms with E-state index in [1.807, 2.05) is 6.07 Å². The molecule has 2 fully saturated rings. The molecule has 0 saturated carbocycles. The van der Waals surface area contributed by atoms with E-state index >= 15 is 0 Å². The van der Waals surface area contributed by atoms with E-state index in [1.165, 1.54) is 11.1 Å². The van der Waals surface area contributed by atoms with Crippen LogP contribution in [0.25, 0.3) is 0 Å². The summed E-state index contributed by atoms with van der Waals surface area (Å²) in [5.41, 5.74) is 2.77. The highest BCUT2D eigenvalue weighted by Gasteiger charge is 2.32. The SMILES string of the molecule is Cc1cc(Cl)ccc1[C@@H](C1CCOCC1)N1CCNCC1. The third-order valence-corrected chi connectivity index (χ3v) is 5.04. The Hall–Kier alpha value is -0.610. The summed E-state index contributed by atoms with van der Waals surface area (Å²) < 4.78 is 5.57. The van der Waals surface area contributed by atoms with Crippen molar-refractivity contribution in [2.24, 2.45) is 5.92 Å². The van der Waals surface area contributed by atoms with Crippen molar-refractivity contribution in [1.29, 1.82) is 0 Å². The van der Waals surface area contributed by atoms with Gasteiger partial charge in [0.2, 0.25) is 0 Å². The largest absolute Gasteiger partial charge is 0.381 e. The average molecular weight is 309 g/mol. The lowest BCUT2D eigenvalue weighted by Gasteiger charge is -2.41. The van der Waals surface area contributed by atoms with Gasteiger partial charge >= 0.3 is 0 Å². The van der Waals surface area contributed by atoms with Crippen molar-refractivity contribution in [1.82, 2.24) is 10.2 Å². The van der Waals surface area contributed by atoms with Gasteiger partial charge in [0.05, 0.1) is 0 Å². The van der Waals surface area contributed by atoms with E-state index in [-0.39, 0.29) is 0 Å². The number of halogens is 1. The van der Waals surface area contributed by atoms with Crippen LogP contribution in [0.3, 0.4) is 0 Å². The second-order valence-corrected chi connectivity index (χ2v) is 6.62. The summed E-state index contributed by atoms with van der Waals surface area (Å²) in [6.45, 7) is 8.43. The number of piperazine rings is 1. The van der Waals surface area contributed by atoms with Gasteiger partial charge in [0, 0.05) is 50.5 Å². The molecule has 0 radical (unpaired) electrons. The van der Waals surface area contributed by atoms with Crippen LogP contribution >= 0.6 is 11.6 Å². The van der Waals surface area contributed by atoms with Crippen LogP contribution < -0.4 is 5.32 Å². The minimum absolute atomic E-state index is 0.508. The fourth-order valence-corrected chi connectivity index (χ4v) is 3.94. The molecule has 0 amide bonds. The molecule has 1 aromatic carbocycles. The van der Waals surface area contributed by atoms with E-state index < -0.39 is 0 Å². The standard InChI is InChI=1S/C17H25ClN2O/c1-13-12-15(18)2-3-16(13)17(14-4-10-21-11-5-14)20-8-6-19-7-9-20/h2-3,12,14,17,19H,4-11H2,1H3/t17-/m1/s1. The van der Waals surface area contributed by atoms with Crippen LogP contribution in [0.4, 0.5) is 0 Å². The minimum Gasteiger partial charge on any atom is -0.381 e. The fraction of sp³-hybridized carbons (Fsp3) is 0.647. The Morgan fingerprint density at radius 1 is 1.24 bits per heavy atom. The number of hydrogen-bond donors (Lipinski definition) is 1. The molecule has 0 spiro atoms. The number of nitrogens with zero attached hydrogens (tertiary/aromatic N) is 1. The molecule has 1 atom stereocenters. The molecule has 2 aliphatic heterocycles. The molecule has 0 aliphatic carbocycles. The Bertz CT molecular complexity index is 450. The average Bonchev–Trinajstić information content (AvgIpc) is 2.52. The Labute approximate surface area is 132 Å². The highest BCUT2D eigenvalue weighted by Crippen LogP contribution is 2.37. The summed E-state index contributed by atoms with van der Waals surface area (Å²) in [7, 11) is 0. The smallest absolute Gasteiger partial charge is 0.0469 e. The number of benzene rings is 1. The normalized spacial score (nSPS) is 23.1. The van der Waals surface area contributed by atoms with Crippen LogP contribution in [0.2, 0.25) is 5.02 Å². The van der Waals surface area contributed by atoms with Gasteiger partial charge in [0.25, 0.3) is 0 Å². The van der Waals surface area contributed by atoms with E-state index in [2.05, 4.69) is 29.3 Å². The summed E-state index contributed by atoms with van der Waals surface area (Å²) in [5, 5.41) is 4.30. The summed E-state index contributed by atoms with van der Waals surface area (Å²) in [6, 6.07) is 6.89. The number of aryl methyl sites for hydroxylation is 1. The minimum atomic E-state index is 0.508. The van der Waals surface area contributed by atoms with E-state index in [0.29, 0.717) is 12.0 Å². The second kappa shape index (κ2) is 7.10. The zero-order chi connectivity index (χ0) is 14.7. The van der Waals surface area contributed by atoms with Gasteiger partial charge in [0.15, 0.2) is 0 Å². The Morgan fingerprint density at radius 3 is 2.62 bits per heavy atom. The molecular weight excluding hydrogens is 284 g/mol. The first-order valence-corrected chi connectivity index (χ1v) is 8.42. The van der Waals surface area contributed by atoms with Gasteiger partial charge in [-0.25, -0.2) is 0 Å². The molecule has 3 rings (SSSR count). The molecule has 21 heavy (non-hydrogen) atoms. The first-order chi connectivity index (χ1) is 10.3. The molecule has 4 heteroatoms. The highest BCUT2D eigenvalue weighted by molar-refractivity contribution is 6.30. The van der Waals surface area contributed by atoms with Crippen molar-refractivity contribution >= 4 is 11.6 Å². The summed E-state index contributed by atoms with van der Waals surface area (Å²) >= 11 is 6.15. The molecular formula is C17H25ClN2O. The molecule has 0 unspecified atom stereocenters. The van der Waals surface area contributed by atoms with Crippen molar-refractivity contribution in [3.8, 4) is 0 Å². The maximum atomic E-state index is 6.15. The van der Waals surface area contributed by atoms with Gasteiger partial charge in [-0.3, -0.25) is 4.90 Å². The van der Waals surface area contributed by atoms with E-state index in [0.717, 1.165) is 57.3 Å². The van der Waals surface area contributed by atoms with Crippen LogP contribution in [0.15, 0.2) is 18.2 Å². The van der Waals surface area contributed by atoms with Gasteiger partial charge in [-0.15, -0.1) is 0 Å². The predicted octanol–water partition coefficient (Wildman–Crippen LogP) is 3.02. The monoisotopic (exact) mass is 308 g/mol. The van der Waals surface area contributed by atoms with Gasteiger partial charge in [-0.1, -0.05) is 17.7 Å². The molecule has 116 valence electrons. The van der Waals surface area contributed by atoms with Gasteiger partial charge in [-0.2, -0.15) is 0 Å². The second-order valence-electron chi connectivity index (χ2n) is 6.18. The third kappa shape index (κ3) is 3.59. The quantitative estimate of drug-likeness (QED) is 0.929. The fourth-order valence-electron chi connectivity index (χ4n) is 3.71. The zero-order valence-electron chi connectivity index (χ0n) is 12.8. The Kier molecular flexibility index (Phi) is 5.17. The topological polar surface area (TPSA) is 24.5 Å². The summed E-state index contributed by atoms with van der Waals surface area (Å²) in [4.78, 5) is 2.66. The summed E-state index contributed by atoms with van der Waals surface area (Å²) in [6.07, 6.45) is 2.33. The van der Waals surface area contributed by atoms with E-state index in [1.54, 1.807) is 0 Å². The third-order valence-electron chi connectivity index (χ3n) is 4.81. The molecule has 1 N–H and O–H groups in total. The lowest BCUT2D eigenvalue weighted by atomic mass is 9.84. The van der Waals surface area contributed by atoms with Gasteiger partial charge in [-0.05, 0) is 48.9 Å². The van der Waals surface area contributed by atoms with Crippen LogP contribution in [0, 0.1) is 12.8 Å². The Balaban J connectivity index is 1.89. The van der Waals surface area contributed by atoms with Crippen molar-refractivity contribution in [3.63, 3.8) is 0 Å². The molecule has 2 saturated heterocycles. The number of hydrogen-bond acceptors (Lipinski definition) is 3. The van der Waals surface area contributed by atoms with Crippen LogP contribution in [-0.4, -0.2) is 44.3 Å². The van der Waals surface area contributed by atoms with Crippen LogP contribution in [0.1, 0.15) is 30.0 Å². The number of rotatable bonds is 3. The predicted molar refractivity (Wildman–Crippen MR) is 86.9 cm³/mol. The van der Waals surface area contributed by atoms with Crippen molar-refractivity contribution < 1.29 is 4.74 Å². The van der Waals surface area contributed by atoms with Crippen molar-refractivity contribution in [3.05, 3.63) is 34.3 Å². The van der Waals surface area contributed by atoms with Crippen molar-refractivity contribution in [2.75, 3.05) is 39.4 Å². The maximum absolute atomic E-state index is 6.15. The summed E-state index contributed by atoms with van der Waals surface area (Å²) in [5.74, 6) is 0.691. The number of ether oxygens (including phenoxy) is 1. The zero-order valence-corrected chi connectivity index (χ0v) is 13.5. The van der Waals surface area contributed by atoms with E-state index in [4.69, 9.17) is 16.3 Å². The molecule has 2 heterocycles. The molecule has 3 nitrogen and oxygen atoms in total. The van der Waals surface area contributed by atoms with Gasteiger partial charge < -0.3 is 10.1 Å². The van der Waals surface area contributed by atoms with Crippen molar-refractivity contribution in [2.45, 2.75) is 25.8 Å². The Morgan fingerprint density at radius 2 is 1.95 bits per heavy atom. The molecule has 2 aliphatic rings. The number of nitrogens with one attached hydrogen (secondary N) is 1. The lowest BCUT2D eigenvalue weighted by molar-refractivity contribution is 0.0211. The van der Waals surface area contributed by atoms with Gasteiger partial charge in [0.1, 0.15) is 0 Å². The molecule has 0 aromatic heterocycles. The van der Waals surface area contributed by atoms with Crippen LogP contribution in [-0.2, 0) is 4.74 Å². The van der Waals surface area contributed by atoms with E-state index in [9.17, 15) is 0 Å². The molecule has 0 bridgehead atoms. The highest BCUT2D eigenvalue weighted by atomic mass is 35.5. The molecule has 1 aromatic rings. The first kappa shape index (κ1) is 15.3.